The van der Waals surface area contributed by atoms with Crippen LogP contribution in [-0.4, -0.2) is 0 Å². The Balaban J connectivity index is -0.000000120. The molecule has 0 aromatic heterocycles. The first-order valence-electron chi connectivity index (χ1n) is 4.68. The number of nitrogens with zero attached hydrogens (tertiary/aromatic N) is 12. The molecule has 17 heteroatoms. The van der Waals surface area contributed by atoms with Gasteiger partial charge in [-0.05, 0) is 0 Å². The third kappa shape index (κ3) is 3.87. The predicted octanol–water partition coefficient (Wildman–Crippen LogP) is 0.189. The normalized spacial score (nSPS) is 12.0. The SMILES string of the molecule is N#[C][Co-3]([C]#N)([C]#N)([C]#N)([C]#N)[C]#N.N#[C][Co-3]([C]#N)([C]#N)([C]#N)([C]#N)[C]#N.[Fe+2].[Fe+2].[Fe+2]. The first-order chi connectivity index (χ1) is 11.9. The molecular weight excluding hydrogens is 598 g/mol. The van der Waals surface area contributed by atoms with E-state index in [0.29, 0.717) is 0 Å². The van der Waals surface area contributed by atoms with E-state index in [9.17, 15) is 0 Å². The maximum atomic E-state index is 8.58. The minimum Gasteiger partial charge on any atom is 2.00 e. The Labute approximate surface area is 194 Å². The maximum Gasteiger partial charge on any atom is 2.00 e. The molecule has 12 nitrogen and oxygen atoms in total. The third-order valence-corrected chi connectivity index (χ3v) is 9.22. The summed E-state index contributed by atoms with van der Waals surface area (Å²) in [5.41, 5.74) is 0. The largest absolute Gasteiger partial charge is 2.00 e. The molecule has 0 aromatic rings. The minimum absolute atomic E-state index is 0. The molecule has 0 heterocycles. The van der Waals surface area contributed by atoms with Gasteiger partial charge in [-0.25, -0.2) is 0 Å². The molecule has 0 atom stereocenters. The summed E-state index contributed by atoms with van der Waals surface area (Å²) in [6.07, 6.45) is 0. The monoisotopic (exact) mass is 598 g/mol. The average Bonchev–Trinajstić information content (AvgIpc) is 2.77. The topological polar surface area (TPSA) is 285 Å². The number of nitriles is 12. The Kier molecular flexibility index (Phi) is 11.4. The van der Waals surface area contributed by atoms with Crippen LogP contribution in [0.25, 0.3) is 0 Å². The molecule has 0 spiro atoms. The Morgan fingerprint density at radius 1 is 0.241 bits per heavy atom. The Morgan fingerprint density at radius 2 is 0.310 bits per heavy atom. The van der Waals surface area contributed by atoms with Gasteiger partial charge in [-0.15, -0.1) is 0 Å². The number of hydrogen-bond acceptors (Lipinski definition) is 12. The molecule has 0 aliphatic carbocycles. The molecule has 150 valence electrons. The first kappa shape index (κ1) is 36.4. The van der Waals surface area contributed by atoms with Crippen LogP contribution >= 0.6 is 0 Å². The van der Waals surface area contributed by atoms with Crippen molar-refractivity contribution in [2.45, 2.75) is 0 Å². The second-order valence-electron chi connectivity index (χ2n) is 3.39. The molecule has 0 radical (unpaired) electrons. The summed E-state index contributed by atoms with van der Waals surface area (Å²) in [5, 5.41) is 115. The molecule has 0 bridgehead atoms. The van der Waals surface area contributed by atoms with Crippen molar-refractivity contribution in [1.82, 2.24) is 0 Å². The van der Waals surface area contributed by atoms with E-state index in [2.05, 4.69) is 0 Å². The first-order valence-corrected chi connectivity index (χ1v) is 10.9. The van der Waals surface area contributed by atoms with Crippen molar-refractivity contribution < 1.29 is 72.3 Å². The fourth-order valence-corrected chi connectivity index (χ4v) is 2.06. The van der Waals surface area contributed by atoms with Crippen molar-refractivity contribution in [3.8, 4) is 60.0 Å². The molecule has 0 unspecified atom stereocenters. The van der Waals surface area contributed by atoms with E-state index in [-0.39, 0.29) is 51.2 Å². The van der Waals surface area contributed by atoms with Gasteiger partial charge in [0.05, 0.1) is 0 Å². The smallest absolute Gasteiger partial charge is 2.00 e. The van der Waals surface area contributed by atoms with Crippen molar-refractivity contribution in [3.63, 3.8) is 0 Å². The van der Waals surface area contributed by atoms with Crippen molar-refractivity contribution in [2.75, 3.05) is 0 Å². The van der Waals surface area contributed by atoms with Gasteiger partial charge in [-0.1, -0.05) is 0 Å². The molecule has 0 fully saturated rings. The summed E-state index contributed by atoms with van der Waals surface area (Å²) in [7, 11) is -12.1. The summed E-state index contributed by atoms with van der Waals surface area (Å²) in [6, 6.07) is 0. The molecule has 0 saturated heterocycles. The van der Waals surface area contributed by atoms with Crippen LogP contribution in [0.2, 0.25) is 0 Å². The van der Waals surface area contributed by atoms with Gasteiger partial charge < -0.3 is 0 Å². The standard InChI is InChI=1S/12CN.2Co.3Fe/c12*1-2;;;;;/q;;;;;;;;;;;;2*-3;3*+2. The summed E-state index contributed by atoms with van der Waals surface area (Å²) in [4.78, 5) is 0. The summed E-state index contributed by atoms with van der Waals surface area (Å²) in [5.74, 6) is 0. The fourth-order valence-electron chi connectivity index (χ4n) is 0.500. The van der Waals surface area contributed by atoms with Gasteiger partial charge in [0.1, 0.15) is 0 Å². The van der Waals surface area contributed by atoms with E-state index in [1.165, 1.54) is 0 Å². The molecule has 0 amide bonds. The summed E-state index contributed by atoms with van der Waals surface area (Å²) in [6.45, 7) is 0. The van der Waals surface area contributed by atoms with Crippen LogP contribution in [0.15, 0.2) is 0 Å². The van der Waals surface area contributed by atoms with Crippen LogP contribution in [-0.2, 0) is 72.3 Å². The molecule has 0 aliphatic heterocycles. The van der Waals surface area contributed by atoms with E-state index in [0.717, 1.165) is 60.0 Å². The van der Waals surface area contributed by atoms with E-state index in [1.807, 2.05) is 0 Å². The van der Waals surface area contributed by atoms with Gasteiger partial charge in [0, 0.05) is 0 Å². The summed E-state index contributed by atoms with van der Waals surface area (Å²) < 4.78 is 0. The second kappa shape index (κ2) is 9.10. The zero-order valence-electron chi connectivity index (χ0n) is 13.1. The van der Waals surface area contributed by atoms with E-state index < -0.39 is 21.1 Å². The maximum absolute atomic E-state index is 8.58. The molecular formula is C12Co2Fe3N12. The van der Waals surface area contributed by atoms with E-state index in [1.54, 1.807) is 0 Å². The van der Waals surface area contributed by atoms with Crippen molar-refractivity contribution in [3.05, 3.63) is 0 Å². The molecule has 29 heavy (non-hydrogen) atoms. The van der Waals surface area contributed by atoms with Crippen molar-refractivity contribution in [1.29, 1.82) is 63.1 Å². The minimum atomic E-state index is -6.03. The predicted molar refractivity (Wildman–Crippen MR) is 67.4 cm³/mol. The molecule has 0 N–H and O–H groups in total. The molecule has 0 saturated carbocycles. The van der Waals surface area contributed by atoms with Crippen LogP contribution in [0, 0.1) is 123 Å². The number of hydrogen-bond donors (Lipinski definition) is 0. The van der Waals surface area contributed by atoms with Gasteiger partial charge in [0.2, 0.25) is 0 Å². The third-order valence-electron chi connectivity index (χ3n) is 2.24. The van der Waals surface area contributed by atoms with Gasteiger partial charge in [-0.2, -0.15) is 0 Å². The van der Waals surface area contributed by atoms with Crippen LogP contribution in [0.3, 0.4) is 0 Å². The van der Waals surface area contributed by atoms with E-state index in [4.69, 9.17) is 63.1 Å². The molecule has 0 aliphatic rings. The second-order valence-corrected chi connectivity index (χ2v) is 14.0. The fraction of sp³-hybridized carbons (Fsp3) is 0. The Bertz CT molecular complexity index is 890. The molecule has 0 aromatic carbocycles. The van der Waals surface area contributed by atoms with Crippen LogP contribution in [0.5, 0.6) is 0 Å². The van der Waals surface area contributed by atoms with Crippen molar-refractivity contribution >= 4 is 0 Å². The zero-order chi connectivity index (χ0) is 21.3. The van der Waals surface area contributed by atoms with Crippen LogP contribution in [0.4, 0.5) is 0 Å². The zero-order valence-corrected chi connectivity index (χ0v) is 18.5. The van der Waals surface area contributed by atoms with Crippen LogP contribution in [0.1, 0.15) is 0 Å². The van der Waals surface area contributed by atoms with Gasteiger partial charge in [0.15, 0.2) is 0 Å². The number of rotatable bonds is 0. The molecule has 0 rings (SSSR count). The van der Waals surface area contributed by atoms with Crippen molar-refractivity contribution in [2.24, 2.45) is 0 Å². The Hall–Kier alpha value is -3.55. The van der Waals surface area contributed by atoms with E-state index >= 15 is 0 Å². The Morgan fingerprint density at radius 3 is 0.310 bits per heavy atom. The average molecular weight is 598 g/mol. The summed E-state index contributed by atoms with van der Waals surface area (Å²) >= 11 is 0. The van der Waals surface area contributed by atoms with Gasteiger partial charge in [0.25, 0.3) is 0 Å². The van der Waals surface area contributed by atoms with Crippen LogP contribution < -0.4 is 0 Å². The van der Waals surface area contributed by atoms with Gasteiger partial charge in [-0.3, -0.25) is 0 Å². The quantitative estimate of drug-likeness (QED) is 0.338. The van der Waals surface area contributed by atoms with Gasteiger partial charge >= 0.3 is 195 Å².